The average Bonchev–Trinajstić information content (AvgIpc) is 2.46. The largest absolute Gasteiger partial charge is 0.493 e. The second-order valence-electron chi connectivity index (χ2n) is 4.95. The fourth-order valence-corrected chi connectivity index (χ4v) is 3.45. The molecule has 2 rings (SSSR count). The Bertz CT molecular complexity index is 655. The molecule has 4 heteroatoms. The molecule has 0 saturated heterocycles. The summed E-state index contributed by atoms with van der Waals surface area (Å²) in [5, 5.41) is -0.250. The van der Waals surface area contributed by atoms with Gasteiger partial charge >= 0.3 is 0 Å². The van der Waals surface area contributed by atoms with E-state index in [1.165, 1.54) is 11.1 Å². The van der Waals surface area contributed by atoms with E-state index in [1.807, 2.05) is 12.1 Å². The lowest BCUT2D eigenvalue weighted by atomic mass is 9.98. The summed E-state index contributed by atoms with van der Waals surface area (Å²) in [7, 11) is 3.24. The van der Waals surface area contributed by atoms with Crippen LogP contribution in [-0.2, 0) is 0 Å². The quantitative estimate of drug-likeness (QED) is 0.671. The Kier molecular flexibility index (Phi) is 5.17. The van der Waals surface area contributed by atoms with Crippen molar-refractivity contribution >= 4 is 27.5 Å². The van der Waals surface area contributed by atoms with Crippen LogP contribution < -0.4 is 9.47 Å². The monoisotopic (exact) mass is 368 g/mol. The predicted octanol–water partition coefficient (Wildman–Crippen LogP) is 5.41. The molecule has 0 N–H and O–H groups in total. The molecule has 0 aromatic heterocycles. The summed E-state index contributed by atoms with van der Waals surface area (Å²) in [6.45, 7) is 4.15. The zero-order chi connectivity index (χ0) is 15.6. The third-order valence-corrected chi connectivity index (χ3v) is 4.63. The second-order valence-corrected chi connectivity index (χ2v) is 6.24. The molecule has 0 amide bonds. The van der Waals surface area contributed by atoms with Crippen LogP contribution in [0.1, 0.15) is 27.6 Å². The molecule has 21 heavy (non-hydrogen) atoms. The number of aryl methyl sites for hydroxylation is 2. The zero-order valence-corrected chi connectivity index (χ0v) is 14.9. The highest BCUT2D eigenvalue weighted by Gasteiger charge is 2.19. The normalized spacial score (nSPS) is 12.1. The van der Waals surface area contributed by atoms with Crippen molar-refractivity contribution in [3.05, 3.63) is 57.1 Å². The van der Waals surface area contributed by atoms with Crippen LogP contribution in [0.25, 0.3) is 0 Å². The Hall–Kier alpha value is -1.19. The summed E-state index contributed by atoms with van der Waals surface area (Å²) >= 11 is 10.3. The van der Waals surface area contributed by atoms with Gasteiger partial charge in [0, 0.05) is 4.47 Å². The lowest BCUT2D eigenvalue weighted by molar-refractivity contribution is 0.354. The third-order valence-electron chi connectivity index (χ3n) is 3.47. The van der Waals surface area contributed by atoms with Crippen molar-refractivity contribution in [1.29, 1.82) is 0 Å². The molecule has 0 fully saturated rings. The van der Waals surface area contributed by atoms with Crippen molar-refractivity contribution in [3.63, 3.8) is 0 Å². The van der Waals surface area contributed by atoms with Gasteiger partial charge in [0.15, 0.2) is 11.5 Å². The van der Waals surface area contributed by atoms with Gasteiger partial charge in [-0.2, -0.15) is 0 Å². The molecule has 112 valence electrons. The molecule has 1 unspecified atom stereocenters. The van der Waals surface area contributed by atoms with Crippen molar-refractivity contribution in [3.8, 4) is 11.5 Å². The first kappa shape index (κ1) is 16.2. The summed E-state index contributed by atoms with van der Waals surface area (Å²) in [6, 6.07) is 10.1. The molecule has 0 bridgehead atoms. The van der Waals surface area contributed by atoms with Gasteiger partial charge in [0.2, 0.25) is 0 Å². The number of alkyl halides is 1. The van der Waals surface area contributed by atoms with Gasteiger partial charge in [0.05, 0.1) is 19.6 Å². The Morgan fingerprint density at radius 3 is 2.14 bits per heavy atom. The second kappa shape index (κ2) is 6.71. The van der Waals surface area contributed by atoms with E-state index in [-0.39, 0.29) is 5.38 Å². The van der Waals surface area contributed by atoms with Gasteiger partial charge < -0.3 is 9.47 Å². The van der Waals surface area contributed by atoms with Crippen LogP contribution in [0.5, 0.6) is 11.5 Å². The van der Waals surface area contributed by atoms with E-state index in [9.17, 15) is 0 Å². The van der Waals surface area contributed by atoms with Gasteiger partial charge in [-0.25, -0.2) is 0 Å². The van der Waals surface area contributed by atoms with Gasteiger partial charge in [-0.15, -0.1) is 11.6 Å². The Balaban J connectivity index is 2.50. The van der Waals surface area contributed by atoms with E-state index in [0.29, 0.717) is 11.5 Å². The molecule has 0 aliphatic heterocycles. The Labute approximate surface area is 139 Å². The third kappa shape index (κ3) is 3.35. The Morgan fingerprint density at radius 2 is 1.57 bits per heavy atom. The first-order valence-electron chi connectivity index (χ1n) is 6.60. The summed E-state index contributed by atoms with van der Waals surface area (Å²) in [5.41, 5.74) is 4.46. The van der Waals surface area contributed by atoms with Crippen LogP contribution in [0.15, 0.2) is 34.8 Å². The summed E-state index contributed by atoms with van der Waals surface area (Å²) < 4.78 is 11.6. The minimum Gasteiger partial charge on any atom is -0.493 e. The van der Waals surface area contributed by atoms with E-state index >= 15 is 0 Å². The number of hydrogen-bond acceptors (Lipinski definition) is 2. The number of methoxy groups -OCH3 is 2. The van der Waals surface area contributed by atoms with E-state index in [0.717, 1.165) is 15.6 Å². The summed E-state index contributed by atoms with van der Waals surface area (Å²) in [6.07, 6.45) is 0. The van der Waals surface area contributed by atoms with Crippen LogP contribution in [0.4, 0.5) is 0 Å². The molecule has 0 aliphatic carbocycles. The average molecular weight is 370 g/mol. The van der Waals surface area contributed by atoms with Gasteiger partial charge in [-0.1, -0.05) is 39.7 Å². The first-order valence-corrected chi connectivity index (χ1v) is 7.83. The topological polar surface area (TPSA) is 18.5 Å². The fraction of sp³-hybridized carbons (Fsp3) is 0.294. The number of rotatable bonds is 4. The highest BCUT2D eigenvalue weighted by atomic mass is 79.9. The van der Waals surface area contributed by atoms with Crippen molar-refractivity contribution in [1.82, 2.24) is 0 Å². The molecule has 0 saturated carbocycles. The summed E-state index contributed by atoms with van der Waals surface area (Å²) in [5.74, 6) is 1.35. The van der Waals surface area contributed by atoms with Gasteiger partial charge in [-0.05, 0) is 42.7 Å². The van der Waals surface area contributed by atoms with Crippen molar-refractivity contribution in [2.24, 2.45) is 0 Å². The lowest BCUT2D eigenvalue weighted by Crippen LogP contribution is -2.00. The van der Waals surface area contributed by atoms with E-state index in [1.54, 1.807) is 14.2 Å². The first-order chi connectivity index (χ1) is 9.97. The molecule has 0 aliphatic rings. The molecule has 2 nitrogen and oxygen atoms in total. The highest BCUT2D eigenvalue weighted by Crippen LogP contribution is 2.41. The Morgan fingerprint density at radius 1 is 0.952 bits per heavy atom. The smallest absolute Gasteiger partial charge is 0.161 e. The van der Waals surface area contributed by atoms with Crippen LogP contribution >= 0.6 is 27.5 Å². The van der Waals surface area contributed by atoms with Gasteiger partial charge in [0.1, 0.15) is 0 Å². The van der Waals surface area contributed by atoms with E-state index in [2.05, 4.69) is 48.0 Å². The maximum absolute atomic E-state index is 6.69. The maximum Gasteiger partial charge on any atom is 0.161 e. The van der Waals surface area contributed by atoms with Crippen LogP contribution in [0.2, 0.25) is 0 Å². The molecule has 2 aromatic rings. The minimum absolute atomic E-state index is 0.250. The van der Waals surface area contributed by atoms with Gasteiger partial charge in [0.25, 0.3) is 0 Å². The predicted molar refractivity (Wildman–Crippen MR) is 90.9 cm³/mol. The van der Waals surface area contributed by atoms with Crippen LogP contribution in [0, 0.1) is 13.8 Å². The number of benzene rings is 2. The molecular formula is C17H18BrClO2. The standard InChI is InChI=1S/C17H18BrClO2/c1-10-5-6-12(11(2)7-10)17(19)13-8-15(20-3)16(21-4)9-14(13)18/h5-9,17H,1-4H3. The van der Waals surface area contributed by atoms with Crippen LogP contribution in [-0.4, -0.2) is 14.2 Å². The van der Waals surface area contributed by atoms with Crippen molar-refractivity contribution in [2.45, 2.75) is 19.2 Å². The SMILES string of the molecule is COc1cc(Br)c(C(Cl)c2ccc(C)cc2C)cc1OC. The summed E-state index contributed by atoms with van der Waals surface area (Å²) in [4.78, 5) is 0. The molecule has 0 heterocycles. The van der Waals surface area contributed by atoms with Gasteiger partial charge in [-0.3, -0.25) is 0 Å². The highest BCUT2D eigenvalue weighted by molar-refractivity contribution is 9.10. The molecular weight excluding hydrogens is 352 g/mol. The number of halogens is 2. The zero-order valence-electron chi connectivity index (χ0n) is 12.5. The molecule has 0 radical (unpaired) electrons. The lowest BCUT2D eigenvalue weighted by Gasteiger charge is -2.18. The van der Waals surface area contributed by atoms with E-state index in [4.69, 9.17) is 21.1 Å². The number of ether oxygens (including phenoxy) is 2. The number of hydrogen-bond donors (Lipinski definition) is 0. The van der Waals surface area contributed by atoms with Crippen LogP contribution in [0.3, 0.4) is 0 Å². The molecule has 1 atom stereocenters. The minimum atomic E-state index is -0.250. The maximum atomic E-state index is 6.69. The van der Waals surface area contributed by atoms with Crippen molar-refractivity contribution in [2.75, 3.05) is 14.2 Å². The molecule has 2 aromatic carbocycles. The van der Waals surface area contributed by atoms with Crippen molar-refractivity contribution < 1.29 is 9.47 Å². The molecule has 0 spiro atoms. The fourth-order valence-electron chi connectivity index (χ4n) is 2.34. The van der Waals surface area contributed by atoms with E-state index < -0.39 is 0 Å².